The second kappa shape index (κ2) is 7.01. The molecule has 0 spiro atoms. The molecule has 0 saturated carbocycles. The standard InChI is InChI=1S/C18H19FN2/c1-13-8-9-16(12-17(13)19)14(2)21-18(10-11-20)15-6-4-3-5-7-15/h3-9,12,14,18,21H,10H2,1-2H3. The summed E-state index contributed by atoms with van der Waals surface area (Å²) in [5, 5.41) is 12.4. The van der Waals surface area contributed by atoms with E-state index in [1.54, 1.807) is 19.1 Å². The first-order valence-electron chi connectivity index (χ1n) is 7.06. The van der Waals surface area contributed by atoms with Gasteiger partial charge in [-0.2, -0.15) is 5.26 Å². The second-order valence-corrected chi connectivity index (χ2v) is 5.22. The lowest BCUT2D eigenvalue weighted by Gasteiger charge is -2.22. The van der Waals surface area contributed by atoms with E-state index >= 15 is 0 Å². The summed E-state index contributed by atoms with van der Waals surface area (Å²) >= 11 is 0. The number of rotatable bonds is 5. The molecular weight excluding hydrogens is 263 g/mol. The molecule has 1 N–H and O–H groups in total. The van der Waals surface area contributed by atoms with E-state index in [4.69, 9.17) is 5.26 Å². The monoisotopic (exact) mass is 282 g/mol. The van der Waals surface area contributed by atoms with Crippen molar-refractivity contribution in [1.82, 2.24) is 5.32 Å². The number of nitrogens with one attached hydrogen (secondary N) is 1. The Labute approximate surface area is 125 Å². The van der Waals surface area contributed by atoms with Crippen molar-refractivity contribution >= 4 is 0 Å². The molecule has 2 rings (SSSR count). The molecule has 2 aromatic rings. The van der Waals surface area contributed by atoms with Crippen LogP contribution in [0.25, 0.3) is 0 Å². The maximum atomic E-state index is 13.7. The fourth-order valence-corrected chi connectivity index (χ4v) is 2.33. The van der Waals surface area contributed by atoms with Gasteiger partial charge in [0.2, 0.25) is 0 Å². The average molecular weight is 282 g/mol. The number of hydrogen-bond acceptors (Lipinski definition) is 2. The molecule has 2 atom stereocenters. The van der Waals surface area contributed by atoms with Crippen LogP contribution in [-0.2, 0) is 0 Å². The molecule has 0 radical (unpaired) electrons. The Kier molecular flexibility index (Phi) is 5.08. The molecule has 2 aromatic carbocycles. The molecule has 0 aliphatic rings. The summed E-state index contributed by atoms with van der Waals surface area (Å²) in [6, 6.07) is 17.2. The maximum Gasteiger partial charge on any atom is 0.126 e. The molecule has 0 aliphatic carbocycles. The van der Waals surface area contributed by atoms with Gasteiger partial charge in [-0.1, -0.05) is 42.5 Å². The van der Waals surface area contributed by atoms with Gasteiger partial charge < -0.3 is 5.32 Å². The first-order valence-corrected chi connectivity index (χ1v) is 7.06. The lowest BCUT2D eigenvalue weighted by Crippen LogP contribution is -2.24. The molecule has 0 aliphatic heterocycles. The van der Waals surface area contributed by atoms with Crippen molar-refractivity contribution in [2.24, 2.45) is 0 Å². The van der Waals surface area contributed by atoms with E-state index in [9.17, 15) is 4.39 Å². The van der Waals surface area contributed by atoms with Crippen LogP contribution in [0.4, 0.5) is 4.39 Å². The van der Waals surface area contributed by atoms with Crippen LogP contribution in [-0.4, -0.2) is 0 Å². The zero-order valence-electron chi connectivity index (χ0n) is 12.3. The van der Waals surface area contributed by atoms with Crippen LogP contribution in [0.2, 0.25) is 0 Å². The summed E-state index contributed by atoms with van der Waals surface area (Å²) in [6.45, 7) is 3.73. The lowest BCUT2D eigenvalue weighted by molar-refractivity contribution is 0.470. The van der Waals surface area contributed by atoms with Crippen molar-refractivity contribution in [3.05, 3.63) is 71.0 Å². The number of benzene rings is 2. The third-order valence-corrected chi connectivity index (χ3v) is 3.64. The highest BCUT2D eigenvalue weighted by molar-refractivity contribution is 5.26. The van der Waals surface area contributed by atoms with Gasteiger partial charge in [-0.3, -0.25) is 0 Å². The fourth-order valence-electron chi connectivity index (χ4n) is 2.33. The number of halogens is 1. The Morgan fingerprint density at radius 2 is 1.86 bits per heavy atom. The molecular formula is C18H19FN2. The van der Waals surface area contributed by atoms with E-state index in [2.05, 4.69) is 11.4 Å². The van der Waals surface area contributed by atoms with Gasteiger partial charge in [-0.15, -0.1) is 0 Å². The summed E-state index contributed by atoms with van der Waals surface area (Å²) < 4.78 is 13.7. The second-order valence-electron chi connectivity index (χ2n) is 5.22. The molecule has 2 unspecified atom stereocenters. The molecule has 2 nitrogen and oxygen atoms in total. The quantitative estimate of drug-likeness (QED) is 0.880. The Morgan fingerprint density at radius 1 is 1.14 bits per heavy atom. The van der Waals surface area contributed by atoms with Gasteiger partial charge in [-0.25, -0.2) is 4.39 Å². The van der Waals surface area contributed by atoms with Crippen molar-refractivity contribution in [2.45, 2.75) is 32.4 Å². The van der Waals surface area contributed by atoms with E-state index in [1.165, 1.54) is 0 Å². The van der Waals surface area contributed by atoms with Crippen LogP contribution in [0.5, 0.6) is 0 Å². The van der Waals surface area contributed by atoms with Gasteiger partial charge in [0.1, 0.15) is 5.82 Å². The van der Waals surface area contributed by atoms with E-state index in [0.717, 1.165) is 11.1 Å². The third-order valence-electron chi connectivity index (χ3n) is 3.64. The van der Waals surface area contributed by atoms with Crippen molar-refractivity contribution in [3.8, 4) is 6.07 Å². The average Bonchev–Trinajstić information content (AvgIpc) is 2.50. The molecule has 0 heterocycles. The molecule has 21 heavy (non-hydrogen) atoms. The predicted octanol–water partition coefficient (Wildman–Crippen LogP) is 4.44. The molecule has 0 saturated heterocycles. The van der Waals surface area contributed by atoms with Crippen LogP contribution in [0.15, 0.2) is 48.5 Å². The molecule has 3 heteroatoms. The summed E-state index contributed by atoms with van der Waals surface area (Å²) in [5.74, 6) is -0.197. The molecule has 0 amide bonds. The predicted molar refractivity (Wildman–Crippen MR) is 82.1 cm³/mol. The van der Waals surface area contributed by atoms with Crippen LogP contribution in [0.1, 0.15) is 42.1 Å². The Balaban J connectivity index is 2.16. The number of hydrogen-bond donors (Lipinski definition) is 1. The Bertz CT molecular complexity index is 631. The van der Waals surface area contributed by atoms with Crippen molar-refractivity contribution in [1.29, 1.82) is 5.26 Å². The van der Waals surface area contributed by atoms with Gasteiger partial charge in [0.05, 0.1) is 12.5 Å². The molecule has 108 valence electrons. The SMILES string of the molecule is Cc1ccc(C(C)NC(CC#N)c2ccccc2)cc1F. The minimum absolute atomic E-state index is 0.0290. The first-order chi connectivity index (χ1) is 10.1. The third kappa shape index (κ3) is 3.90. The topological polar surface area (TPSA) is 35.8 Å². The van der Waals surface area contributed by atoms with Crippen LogP contribution < -0.4 is 5.32 Å². The molecule has 0 aromatic heterocycles. The van der Waals surface area contributed by atoms with Gasteiger partial charge in [-0.05, 0) is 36.6 Å². The van der Waals surface area contributed by atoms with E-state index < -0.39 is 0 Å². The van der Waals surface area contributed by atoms with Gasteiger partial charge in [0, 0.05) is 12.1 Å². The zero-order chi connectivity index (χ0) is 15.2. The Hall–Kier alpha value is -2.18. The summed E-state index contributed by atoms with van der Waals surface area (Å²) in [4.78, 5) is 0. The highest BCUT2D eigenvalue weighted by atomic mass is 19.1. The van der Waals surface area contributed by atoms with Gasteiger partial charge in [0.25, 0.3) is 0 Å². The number of nitrogens with zero attached hydrogens (tertiary/aromatic N) is 1. The first kappa shape index (κ1) is 15.2. The van der Waals surface area contributed by atoms with E-state index in [1.807, 2.05) is 43.3 Å². The normalized spacial score (nSPS) is 13.4. The summed E-state index contributed by atoms with van der Waals surface area (Å²) in [5.41, 5.74) is 2.60. The highest BCUT2D eigenvalue weighted by Gasteiger charge is 2.15. The van der Waals surface area contributed by atoms with E-state index in [-0.39, 0.29) is 17.9 Å². The smallest absolute Gasteiger partial charge is 0.126 e. The zero-order valence-corrected chi connectivity index (χ0v) is 12.3. The van der Waals surface area contributed by atoms with Crippen molar-refractivity contribution in [3.63, 3.8) is 0 Å². The van der Waals surface area contributed by atoms with E-state index in [0.29, 0.717) is 12.0 Å². The number of nitriles is 1. The maximum absolute atomic E-state index is 13.7. The highest BCUT2D eigenvalue weighted by Crippen LogP contribution is 2.23. The Morgan fingerprint density at radius 3 is 2.48 bits per heavy atom. The van der Waals surface area contributed by atoms with Crippen molar-refractivity contribution < 1.29 is 4.39 Å². The van der Waals surface area contributed by atoms with Gasteiger partial charge in [0.15, 0.2) is 0 Å². The fraction of sp³-hybridized carbons (Fsp3) is 0.278. The minimum Gasteiger partial charge on any atom is -0.302 e. The summed E-state index contributed by atoms with van der Waals surface area (Å²) in [6.07, 6.45) is 0.378. The largest absolute Gasteiger partial charge is 0.302 e. The lowest BCUT2D eigenvalue weighted by atomic mass is 10.0. The molecule has 0 fully saturated rings. The van der Waals surface area contributed by atoms with Crippen LogP contribution in [0.3, 0.4) is 0 Å². The molecule has 0 bridgehead atoms. The van der Waals surface area contributed by atoms with Crippen LogP contribution in [0, 0.1) is 24.1 Å². The minimum atomic E-state index is -0.197. The van der Waals surface area contributed by atoms with Gasteiger partial charge >= 0.3 is 0 Å². The summed E-state index contributed by atoms with van der Waals surface area (Å²) in [7, 11) is 0. The van der Waals surface area contributed by atoms with Crippen LogP contribution >= 0.6 is 0 Å². The number of aryl methyl sites for hydroxylation is 1. The van der Waals surface area contributed by atoms with Crippen molar-refractivity contribution in [2.75, 3.05) is 0 Å².